The second kappa shape index (κ2) is 24.4. The van der Waals surface area contributed by atoms with Gasteiger partial charge in [0.05, 0.1) is 24.2 Å². The highest BCUT2D eigenvalue weighted by molar-refractivity contribution is 7.95. The molecule has 0 saturated heterocycles. The first-order valence-corrected chi connectivity index (χ1v) is 28.8. The molecule has 2 aliphatic rings. The summed E-state index contributed by atoms with van der Waals surface area (Å²) in [6.45, 7) is 5.18. The van der Waals surface area contributed by atoms with E-state index < -0.39 is 7.26 Å². The van der Waals surface area contributed by atoms with Crippen molar-refractivity contribution < 1.29 is 19.5 Å². The third-order valence-electron chi connectivity index (χ3n) is 15.5. The summed E-state index contributed by atoms with van der Waals surface area (Å²) in [6, 6.07) is 48.4. The van der Waals surface area contributed by atoms with Crippen molar-refractivity contribution in [1.82, 2.24) is 20.4 Å². The van der Waals surface area contributed by atoms with E-state index in [2.05, 4.69) is 128 Å². The number of imide groups is 1. The summed E-state index contributed by atoms with van der Waals surface area (Å²) in [4.78, 5) is 43.9. The van der Waals surface area contributed by atoms with Gasteiger partial charge in [-0.25, -0.2) is 0 Å². The van der Waals surface area contributed by atoms with Crippen molar-refractivity contribution in [2.75, 3.05) is 37.7 Å². The maximum Gasteiger partial charge on any atom is 0.261 e. The molecule has 10 nitrogen and oxygen atoms in total. The Morgan fingerprint density at radius 2 is 1.34 bits per heavy atom. The van der Waals surface area contributed by atoms with Crippen LogP contribution in [-0.4, -0.2) is 76.5 Å². The van der Waals surface area contributed by atoms with Gasteiger partial charge in [0, 0.05) is 71.3 Å². The monoisotopic (exact) mass is 1010 g/mol. The van der Waals surface area contributed by atoms with E-state index in [1.807, 2.05) is 36.4 Å². The largest absolute Gasteiger partial charge is 0.396 e. The number of fused-ring (bicyclic) bond motifs is 1. The molecule has 4 N–H and O–H groups in total. The smallest absolute Gasteiger partial charge is 0.261 e. The van der Waals surface area contributed by atoms with Crippen LogP contribution in [-0.2, 0) is 17.6 Å². The number of hydrogen-bond acceptors (Lipinski definition) is 8. The summed E-state index contributed by atoms with van der Waals surface area (Å²) < 4.78 is 0. The number of aliphatic hydroxyl groups excluding tert-OH is 1. The molecule has 11 heteroatoms. The van der Waals surface area contributed by atoms with E-state index in [0.29, 0.717) is 35.3 Å². The molecule has 1 aromatic heterocycles. The number of hydrogen-bond donors (Lipinski definition) is 4. The highest BCUT2D eigenvalue weighted by atomic mass is 31.2. The summed E-state index contributed by atoms with van der Waals surface area (Å²) in [7, 11) is -2.01. The van der Waals surface area contributed by atoms with Gasteiger partial charge in [0.15, 0.2) is 0 Å². The van der Waals surface area contributed by atoms with Crippen LogP contribution in [0.5, 0.6) is 0 Å². The van der Waals surface area contributed by atoms with E-state index in [-0.39, 0.29) is 43.3 Å². The first kappa shape index (κ1) is 52.0. The number of aliphatic hydroxyl groups is 1. The Kier molecular flexibility index (Phi) is 17.2. The quantitative estimate of drug-likeness (QED) is 0.0229. The molecule has 2 heterocycles. The summed E-state index contributed by atoms with van der Waals surface area (Å²) in [5, 5.41) is 39.2. The normalized spacial score (nSPS) is 15.0. The van der Waals surface area contributed by atoms with Gasteiger partial charge in [-0.2, -0.15) is 5.10 Å². The minimum atomic E-state index is -2.01. The molecule has 380 valence electrons. The number of aryl methyl sites for hydroxylation is 1. The maximum atomic E-state index is 14.6. The molecule has 7 aromatic rings. The van der Waals surface area contributed by atoms with Crippen LogP contribution in [0.3, 0.4) is 0 Å². The SMILES string of the molecule is CCCCNc1ccc2c3c(ccc(-c4ccccc4-c4nnc(C)c5c4CCC[C@@H](CC[C@H](C=N)CO)CC5)c13)C(=O)N(CCNC(=O)CCCC[P+](c1ccccc1)(c1ccccc1)c1ccccc1)C2=O. The van der Waals surface area contributed by atoms with Gasteiger partial charge in [0.1, 0.15) is 23.2 Å². The summed E-state index contributed by atoms with van der Waals surface area (Å²) >= 11 is 0. The Hall–Kier alpha value is -6.87. The van der Waals surface area contributed by atoms with Crippen molar-refractivity contribution in [1.29, 1.82) is 5.41 Å². The molecule has 9 rings (SSSR count). The molecule has 0 unspecified atom stereocenters. The summed E-state index contributed by atoms with van der Waals surface area (Å²) in [5.74, 6) is -0.404. The van der Waals surface area contributed by atoms with Crippen molar-refractivity contribution in [3.05, 3.63) is 167 Å². The Morgan fingerprint density at radius 3 is 1.97 bits per heavy atom. The van der Waals surface area contributed by atoms with Gasteiger partial charge >= 0.3 is 0 Å². The zero-order valence-electron chi connectivity index (χ0n) is 43.0. The molecule has 0 saturated carbocycles. The third kappa shape index (κ3) is 11.0. The molecular weight excluding hydrogens is 936 g/mol. The van der Waals surface area contributed by atoms with Crippen LogP contribution in [0, 0.1) is 24.2 Å². The molecular formula is C63H70N6O4P+. The zero-order valence-corrected chi connectivity index (χ0v) is 43.9. The topological polar surface area (TPSA) is 148 Å². The molecule has 74 heavy (non-hydrogen) atoms. The Labute approximate surface area is 437 Å². The number of rotatable bonds is 22. The number of nitrogens with zero attached hydrogens (tertiary/aromatic N) is 3. The zero-order chi connectivity index (χ0) is 51.4. The van der Waals surface area contributed by atoms with Gasteiger partial charge in [-0.05, 0) is 147 Å². The predicted molar refractivity (Wildman–Crippen MR) is 304 cm³/mol. The lowest BCUT2D eigenvalue weighted by Gasteiger charge is -2.29. The van der Waals surface area contributed by atoms with Crippen LogP contribution in [0.4, 0.5) is 5.69 Å². The first-order valence-electron chi connectivity index (χ1n) is 26.8. The van der Waals surface area contributed by atoms with Crippen LogP contribution in [0.1, 0.15) is 109 Å². The number of carbonyl (C=O) groups is 3. The van der Waals surface area contributed by atoms with Crippen molar-refractivity contribution in [2.24, 2.45) is 11.8 Å². The molecule has 1 aliphatic heterocycles. The van der Waals surface area contributed by atoms with Gasteiger partial charge < -0.3 is 21.1 Å². The molecule has 0 fully saturated rings. The van der Waals surface area contributed by atoms with E-state index in [9.17, 15) is 19.5 Å². The second-order valence-electron chi connectivity index (χ2n) is 20.1. The van der Waals surface area contributed by atoms with Crippen molar-refractivity contribution in [3.8, 4) is 22.4 Å². The van der Waals surface area contributed by atoms with E-state index in [1.165, 1.54) is 38.2 Å². The van der Waals surface area contributed by atoms with E-state index in [1.54, 1.807) is 0 Å². The van der Waals surface area contributed by atoms with E-state index in [0.717, 1.165) is 116 Å². The van der Waals surface area contributed by atoms with Crippen molar-refractivity contribution in [3.63, 3.8) is 0 Å². The highest BCUT2D eigenvalue weighted by Gasteiger charge is 2.44. The number of carbonyl (C=O) groups excluding carboxylic acids is 3. The molecule has 0 radical (unpaired) electrons. The lowest BCUT2D eigenvalue weighted by molar-refractivity contribution is -0.121. The van der Waals surface area contributed by atoms with E-state index in [4.69, 9.17) is 15.6 Å². The number of unbranched alkanes of at least 4 members (excludes halogenated alkanes) is 2. The molecule has 2 atom stereocenters. The summed E-state index contributed by atoms with van der Waals surface area (Å²) in [5.41, 5.74) is 8.90. The van der Waals surface area contributed by atoms with Crippen LogP contribution in [0.25, 0.3) is 33.2 Å². The van der Waals surface area contributed by atoms with Crippen molar-refractivity contribution >= 4 is 63.6 Å². The molecule has 1 aliphatic carbocycles. The fraction of sp³-hybridized carbons (Fsp3) is 0.333. The standard InChI is InChI=1S/C63H69N6O4P/c1-3-4-38-65-57-37-36-56-59-55(35-34-52(60(57)59)51-26-14-15-27-54(51)61-53-28-18-19-45(30-31-46(42-64)43-70)32-33-50(53)44(2)67-68-61)62(72)69(63(56)73)40-39-66-58(71)29-16-17-41-74(47-20-8-5-9-21-47,48-22-10-6-11-23-48)49-24-12-7-13-25-49/h5-15,20-27,34-37,42,45-46,64,70H,3-4,16-19,28-33,38-41,43H2,1-2H3,(H-,65,66,71,72,73)/p+1/t45-,46+/m0/s1. The number of benzene rings is 6. The average molecular weight is 1010 g/mol. The second-order valence-corrected chi connectivity index (χ2v) is 23.7. The van der Waals surface area contributed by atoms with E-state index >= 15 is 0 Å². The van der Waals surface area contributed by atoms with Crippen LogP contribution >= 0.6 is 7.26 Å². The molecule has 0 spiro atoms. The average Bonchev–Trinajstić information content (AvgIpc) is 3.46. The number of nitrogens with one attached hydrogen (secondary N) is 3. The lowest BCUT2D eigenvalue weighted by atomic mass is 9.81. The molecule has 0 bridgehead atoms. The fourth-order valence-electron chi connectivity index (χ4n) is 11.5. The molecule has 6 aromatic carbocycles. The predicted octanol–water partition coefficient (Wildman–Crippen LogP) is 11.3. The lowest BCUT2D eigenvalue weighted by Crippen LogP contribution is -2.44. The summed E-state index contributed by atoms with van der Waals surface area (Å²) in [6.07, 6.45) is 12.9. The number of anilines is 1. The first-order chi connectivity index (χ1) is 36.3. The van der Waals surface area contributed by atoms with Gasteiger partial charge in [-0.1, -0.05) is 105 Å². The van der Waals surface area contributed by atoms with Gasteiger partial charge in [0.2, 0.25) is 5.91 Å². The Bertz CT molecular complexity index is 2980. The minimum absolute atomic E-state index is 0.0177. The Morgan fingerprint density at radius 1 is 0.716 bits per heavy atom. The minimum Gasteiger partial charge on any atom is -0.396 e. The number of amides is 3. The van der Waals surface area contributed by atoms with Gasteiger partial charge in [0.25, 0.3) is 11.8 Å². The van der Waals surface area contributed by atoms with Gasteiger partial charge in [-0.15, -0.1) is 5.10 Å². The third-order valence-corrected chi connectivity index (χ3v) is 20.0. The van der Waals surface area contributed by atoms with Crippen molar-refractivity contribution in [2.45, 2.75) is 90.9 Å². The van der Waals surface area contributed by atoms with Crippen LogP contribution in [0.2, 0.25) is 0 Å². The molecule has 3 amide bonds. The van der Waals surface area contributed by atoms with Crippen LogP contribution < -0.4 is 26.5 Å². The maximum absolute atomic E-state index is 14.6. The van der Waals surface area contributed by atoms with Gasteiger partial charge in [-0.3, -0.25) is 19.3 Å². The highest BCUT2D eigenvalue weighted by Crippen LogP contribution is 2.56. The number of aromatic nitrogens is 2. The van der Waals surface area contributed by atoms with Crippen LogP contribution in [0.15, 0.2) is 140 Å². The Balaban J connectivity index is 0.932. The fourth-order valence-corrected chi connectivity index (χ4v) is 15.9.